The summed E-state index contributed by atoms with van der Waals surface area (Å²) >= 11 is 1.53. The van der Waals surface area contributed by atoms with Crippen LogP contribution in [0.3, 0.4) is 0 Å². The van der Waals surface area contributed by atoms with E-state index >= 15 is 0 Å². The number of H-pyrrole nitrogens is 1. The Hall–Kier alpha value is -1.91. The Labute approximate surface area is 144 Å². The van der Waals surface area contributed by atoms with Crippen LogP contribution in [0.25, 0.3) is 21.3 Å². The monoisotopic (exact) mass is 336 g/mol. The molecule has 0 atom stereocenters. The molecule has 0 saturated heterocycles. The average Bonchev–Trinajstić information content (AvgIpc) is 3.32. The summed E-state index contributed by atoms with van der Waals surface area (Å²) in [5, 5.41) is 6.88. The molecule has 24 heavy (non-hydrogen) atoms. The molecule has 0 radical (unpaired) electrons. The van der Waals surface area contributed by atoms with Gasteiger partial charge in [0.15, 0.2) is 0 Å². The van der Waals surface area contributed by atoms with Gasteiger partial charge in [-0.05, 0) is 41.0 Å². The van der Waals surface area contributed by atoms with Gasteiger partial charge in [-0.25, -0.2) is 0 Å². The topological polar surface area (TPSA) is 44.9 Å². The van der Waals surface area contributed by atoms with Crippen LogP contribution in [0, 0.1) is 0 Å². The number of pyridine rings is 1. The SMILES string of the molecule is O=c1[nH]c2c(c3ccsc13)Cc1c(CNC3CCCC3)cccc1-2. The third-order valence-electron chi connectivity index (χ3n) is 5.57. The average molecular weight is 336 g/mol. The molecule has 2 aliphatic carbocycles. The van der Waals surface area contributed by atoms with Crippen LogP contribution in [0.1, 0.15) is 42.4 Å². The number of nitrogens with one attached hydrogen (secondary N) is 2. The van der Waals surface area contributed by atoms with E-state index in [2.05, 4.69) is 34.6 Å². The molecule has 1 saturated carbocycles. The van der Waals surface area contributed by atoms with Crippen molar-refractivity contribution in [3.05, 3.63) is 56.7 Å². The summed E-state index contributed by atoms with van der Waals surface area (Å²) in [5.41, 5.74) is 6.33. The molecule has 1 aromatic carbocycles. The van der Waals surface area contributed by atoms with Crippen LogP contribution in [-0.2, 0) is 13.0 Å². The summed E-state index contributed by atoms with van der Waals surface area (Å²) < 4.78 is 0.854. The summed E-state index contributed by atoms with van der Waals surface area (Å²) in [4.78, 5) is 15.5. The highest BCUT2D eigenvalue weighted by Crippen LogP contribution is 2.40. The molecule has 2 heterocycles. The van der Waals surface area contributed by atoms with Gasteiger partial charge >= 0.3 is 0 Å². The first-order chi connectivity index (χ1) is 11.8. The number of benzene rings is 1. The van der Waals surface area contributed by atoms with E-state index < -0.39 is 0 Å². The van der Waals surface area contributed by atoms with Crippen molar-refractivity contribution in [2.45, 2.75) is 44.7 Å². The van der Waals surface area contributed by atoms with Crippen molar-refractivity contribution >= 4 is 21.4 Å². The second kappa shape index (κ2) is 5.57. The van der Waals surface area contributed by atoms with Gasteiger partial charge in [-0.1, -0.05) is 31.0 Å². The van der Waals surface area contributed by atoms with Crippen LogP contribution in [0.4, 0.5) is 0 Å². The molecular weight excluding hydrogens is 316 g/mol. The molecule has 0 spiro atoms. The lowest BCUT2D eigenvalue weighted by atomic mass is 10.0. The highest BCUT2D eigenvalue weighted by molar-refractivity contribution is 7.17. The molecule has 3 nitrogen and oxygen atoms in total. The number of hydrogen-bond donors (Lipinski definition) is 2. The molecule has 0 aliphatic heterocycles. The minimum absolute atomic E-state index is 0.0427. The number of fused-ring (bicyclic) bond motifs is 5. The third kappa shape index (κ3) is 2.17. The van der Waals surface area contributed by atoms with Crippen LogP contribution >= 0.6 is 11.3 Å². The second-order valence-electron chi connectivity index (χ2n) is 6.95. The predicted molar refractivity (Wildman–Crippen MR) is 99.8 cm³/mol. The molecule has 5 rings (SSSR count). The zero-order chi connectivity index (χ0) is 16.1. The fraction of sp³-hybridized carbons (Fsp3) is 0.350. The van der Waals surface area contributed by atoms with E-state index in [1.807, 2.05) is 5.38 Å². The fourth-order valence-electron chi connectivity index (χ4n) is 4.32. The van der Waals surface area contributed by atoms with E-state index in [9.17, 15) is 4.79 Å². The van der Waals surface area contributed by atoms with Crippen molar-refractivity contribution < 1.29 is 0 Å². The van der Waals surface area contributed by atoms with Gasteiger partial charge in [-0.2, -0.15) is 0 Å². The highest BCUT2D eigenvalue weighted by atomic mass is 32.1. The summed E-state index contributed by atoms with van der Waals surface area (Å²) in [7, 11) is 0. The largest absolute Gasteiger partial charge is 0.320 e. The van der Waals surface area contributed by atoms with E-state index in [0.29, 0.717) is 6.04 Å². The van der Waals surface area contributed by atoms with Crippen LogP contribution < -0.4 is 10.9 Å². The Balaban J connectivity index is 1.55. The molecule has 0 unspecified atom stereocenters. The van der Waals surface area contributed by atoms with Crippen molar-refractivity contribution in [2.75, 3.05) is 0 Å². The Kier molecular flexibility index (Phi) is 3.35. The quantitative estimate of drug-likeness (QED) is 0.589. The number of thiophene rings is 1. The van der Waals surface area contributed by atoms with E-state index in [-0.39, 0.29) is 5.56 Å². The molecule has 2 aliphatic rings. The molecule has 2 N–H and O–H groups in total. The van der Waals surface area contributed by atoms with E-state index in [4.69, 9.17) is 0 Å². The third-order valence-corrected chi connectivity index (χ3v) is 6.48. The van der Waals surface area contributed by atoms with E-state index in [0.717, 1.165) is 28.7 Å². The molecule has 0 bridgehead atoms. The lowest BCUT2D eigenvalue weighted by Crippen LogP contribution is -2.25. The number of aromatic nitrogens is 1. The number of aromatic amines is 1. The van der Waals surface area contributed by atoms with Crippen molar-refractivity contribution in [3.8, 4) is 11.3 Å². The van der Waals surface area contributed by atoms with Crippen LogP contribution in [0.2, 0.25) is 0 Å². The van der Waals surface area contributed by atoms with E-state index in [1.54, 1.807) is 0 Å². The van der Waals surface area contributed by atoms with Gasteiger partial charge in [-0.3, -0.25) is 4.79 Å². The lowest BCUT2D eigenvalue weighted by Gasteiger charge is -2.14. The first kappa shape index (κ1) is 14.4. The maximum atomic E-state index is 12.3. The Morgan fingerprint density at radius 2 is 2.04 bits per heavy atom. The lowest BCUT2D eigenvalue weighted by molar-refractivity contribution is 0.523. The van der Waals surface area contributed by atoms with Crippen LogP contribution in [-0.4, -0.2) is 11.0 Å². The van der Waals surface area contributed by atoms with Crippen molar-refractivity contribution in [3.63, 3.8) is 0 Å². The van der Waals surface area contributed by atoms with Gasteiger partial charge in [0.25, 0.3) is 5.56 Å². The Bertz CT molecular complexity index is 979. The zero-order valence-electron chi connectivity index (χ0n) is 13.5. The normalized spacial score (nSPS) is 16.7. The molecule has 122 valence electrons. The molecular formula is C20H20N2OS. The van der Waals surface area contributed by atoms with Gasteiger partial charge in [0.2, 0.25) is 0 Å². The molecule has 4 heteroatoms. The maximum absolute atomic E-state index is 12.3. The zero-order valence-corrected chi connectivity index (χ0v) is 14.3. The van der Waals surface area contributed by atoms with Gasteiger partial charge in [0.05, 0.1) is 10.4 Å². The first-order valence-electron chi connectivity index (χ1n) is 8.78. The smallest absolute Gasteiger partial charge is 0.266 e. The predicted octanol–water partition coefficient (Wildman–Crippen LogP) is 4.19. The summed E-state index contributed by atoms with van der Waals surface area (Å²) in [6.07, 6.45) is 6.24. The summed E-state index contributed by atoms with van der Waals surface area (Å²) in [6, 6.07) is 9.27. The van der Waals surface area contributed by atoms with Crippen LogP contribution in [0.5, 0.6) is 0 Å². The van der Waals surface area contributed by atoms with E-state index in [1.165, 1.54) is 59.3 Å². The van der Waals surface area contributed by atoms with Crippen molar-refractivity contribution in [1.29, 1.82) is 0 Å². The van der Waals surface area contributed by atoms with Gasteiger partial charge in [-0.15, -0.1) is 11.3 Å². The van der Waals surface area contributed by atoms with Gasteiger partial charge < -0.3 is 10.3 Å². The number of hydrogen-bond acceptors (Lipinski definition) is 3. The Morgan fingerprint density at radius 1 is 1.17 bits per heavy atom. The van der Waals surface area contributed by atoms with Gasteiger partial charge in [0.1, 0.15) is 0 Å². The number of rotatable bonds is 3. The Morgan fingerprint density at radius 3 is 2.92 bits per heavy atom. The van der Waals surface area contributed by atoms with Gasteiger partial charge in [0, 0.05) is 30.0 Å². The molecule has 3 aromatic rings. The van der Waals surface area contributed by atoms with Crippen LogP contribution in [0.15, 0.2) is 34.4 Å². The van der Waals surface area contributed by atoms with Crippen molar-refractivity contribution in [1.82, 2.24) is 10.3 Å². The van der Waals surface area contributed by atoms with Crippen molar-refractivity contribution in [2.24, 2.45) is 0 Å². The minimum Gasteiger partial charge on any atom is -0.320 e. The standard InChI is InChI=1S/C20H20N2OS/c23-20-19-15(8-9-24-19)17-10-16-12(11-21-13-5-1-2-6-13)4-3-7-14(16)18(17)22-20/h3-4,7-9,13,21H,1-2,5-6,10-11H2,(H,22,23). The highest BCUT2D eigenvalue weighted by Gasteiger charge is 2.25. The molecule has 2 aromatic heterocycles. The minimum atomic E-state index is 0.0427. The first-order valence-corrected chi connectivity index (χ1v) is 9.66. The molecule has 0 amide bonds. The maximum Gasteiger partial charge on any atom is 0.266 e. The molecule has 1 fully saturated rings. The summed E-state index contributed by atoms with van der Waals surface area (Å²) in [5.74, 6) is 0. The fourth-order valence-corrected chi connectivity index (χ4v) is 5.14. The second-order valence-corrected chi connectivity index (χ2v) is 7.87. The summed E-state index contributed by atoms with van der Waals surface area (Å²) in [6.45, 7) is 0.929.